The van der Waals surface area contributed by atoms with E-state index < -0.39 is 11.9 Å². The second-order valence-corrected chi connectivity index (χ2v) is 6.02. The fourth-order valence-electron chi connectivity index (χ4n) is 2.90. The average Bonchev–Trinajstić information content (AvgIpc) is 2.73. The summed E-state index contributed by atoms with van der Waals surface area (Å²) in [6.07, 6.45) is 0. The van der Waals surface area contributed by atoms with E-state index in [-0.39, 0.29) is 30.2 Å². The Balaban J connectivity index is 2.13. The normalized spacial score (nSPS) is 14.0. The SMILES string of the molecule is COC(=O)C1=C(C(=O)OC)N(c2cc(-c3ccc(=O)[nH]n3)ccc2C)COC1. The van der Waals surface area contributed by atoms with Crippen LogP contribution in [0.25, 0.3) is 11.3 Å². The van der Waals surface area contributed by atoms with Gasteiger partial charge in [0, 0.05) is 17.3 Å². The predicted octanol–water partition coefficient (Wildman–Crippen LogP) is 1.14. The van der Waals surface area contributed by atoms with Crippen LogP contribution in [0.3, 0.4) is 0 Å². The van der Waals surface area contributed by atoms with Crippen LogP contribution in [-0.4, -0.2) is 49.7 Å². The van der Waals surface area contributed by atoms with Crippen molar-refractivity contribution in [1.29, 1.82) is 0 Å². The van der Waals surface area contributed by atoms with Gasteiger partial charge in [-0.05, 0) is 24.6 Å². The Morgan fingerprint density at radius 2 is 1.89 bits per heavy atom. The predicted molar refractivity (Wildman–Crippen MR) is 99.4 cm³/mol. The first kappa shape index (κ1) is 19.3. The molecule has 0 fully saturated rings. The quantitative estimate of drug-likeness (QED) is 0.780. The van der Waals surface area contributed by atoms with Gasteiger partial charge < -0.3 is 19.1 Å². The molecule has 1 aromatic heterocycles. The number of carbonyl (C=O) groups excluding carboxylic acids is 2. The van der Waals surface area contributed by atoms with Crippen LogP contribution < -0.4 is 10.5 Å². The smallest absolute Gasteiger partial charge is 0.355 e. The van der Waals surface area contributed by atoms with Crippen molar-refractivity contribution < 1.29 is 23.8 Å². The zero-order chi connectivity index (χ0) is 20.3. The zero-order valence-electron chi connectivity index (χ0n) is 15.6. The molecule has 1 aliphatic heterocycles. The van der Waals surface area contributed by atoms with Gasteiger partial charge in [-0.15, -0.1) is 0 Å². The third kappa shape index (κ3) is 3.65. The number of hydrogen-bond donors (Lipinski definition) is 1. The average molecular weight is 385 g/mol. The number of nitrogens with one attached hydrogen (secondary N) is 1. The Morgan fingerprint density at radius 3 is 2.54 bits per heavy atom. The molecule has 0 saturated heterocycles. The minimum Gasteiger partial charge on any atom is -0.466 e. The third-order valence-corrected chi connectivity index (χ3v) is 4.31. The summed E-state index contributed by atoms with van der Waals surface area (Å²) in [5.41, 5.74) is 2.57. The Labute approximate surface area is 160 Å². The molecule has 1 aromatic carbocycles. The van der Waals surface area contributed by atoms with Crippen LogP contribution in [0.5, 0.6) is 0 Å². The van der Waals surface area contributed by atoms with Crippen molar-refractivity contribution in [3.63, 3.8) is 0 Å². The largest absolute Gasteiger partial charge is 0.466 e. The van der Waals surface area contributed by atoms with Crippen molar-refractivity contribution in [3.8, 4) is 11.3 Å². The monoisotopic (exact) mass is 385 g/mol. The van der Waals surface area contributed by atoms with Gasteiger partial charge in [0.15, 0.2) is 0 Å². The molecule has 0 amide bonds. The Kier molecular flexibility index (Phi) is 5.55. The molecule has 0 saturated carbocycles. The molecular weight excluding hydrogens is 366 g/mol. The van der Waals surface area contributed by atoms with Gasteiger partial charge in [0.1, 0.15) is 12.4 Å². The lowest BCUT2D eigenvalue weighted by molar-refractivity contribution is -0.140. The molecule has 0 unspecified atom stereocenters. The van der Waals surface area contributed by atoms with Crippen molar-refractivity contribution in [2.24, 2.45) is 0 Å². The maximum Gasteiger partial charge on any atom is 0.355 e. The number of rotatable bonds is 4. The van der Waals surface area contributed by atoms with Crippen molar-refractivity contribution in [1.82, 2.24) is 10.2 Å². The van der Waals surface area contributed by atoms with Gasteiger partial charge in [0.2, 0.25) is 0 Å². The molecule has 0 spiro atoms. The van der Waals surface area contributed by atoms with E-state index in [1.54, 1.807) is 17.0 Å². The highest BCUT2D eigenvalue weighted by atomic mass is 16.5. The third-order valence-electron chi connectivity index (χ3n) is 4.31. The zero-order valence-corrected chi connectivity index (χ0v) is 15.6. The topological polar surface area (TPSA) is 111 Å². The lowest BCUT2D eigenvalue weighted by Gasteiger charge is -2.32. The molecule has 28 heavy (non-hydrogen) atoms. The van der Waals surface area contributed by atoms with Crippen molar-refractivity contribution >= 4 is 17.6 Å². The molecule has 9 nitrogen and oxygen atoms in total. The summed E-state index contributed by atoms with van der Waals surface area (Å²) >= 11 is 0. The number of aryl methyl sites for hydroxylation is 1. The van der Waals surface area contributed by atoms with Gasteiger partial charge in [-0.25, -0.2) is 14.7 Å². The van der Waals surface area contributed by atoms with Crippen LogP contribution >= 0.6 is 0 Å². The highest BCUT2D eigenvalue weighted by molar-refractivity contribution is 6.03. The van der Waals surface area contributed by atoms with E-state index in [1.165, 1.54) is 20.3 Å². The maximum atomic E-state index is 12.4. The first-order valence-corrected chi connectivity index (χ1v) is 8.38. The summed E-state index contributed by atoms with van der Waals surface area (Å²) in [7, 11) is 2.47. The number of methoxy groups -OCH3 is 2. The van der Waals surface area contributed by atoms with Crippen LogP contribution in [0.1, 0.15) is 5.56 Å². The number of anilines is 1. The molecule has 0 atom stereocenters. The first-order chi connectivity index (χ1) is 13.5. The minimum atomic E-state index is -0.671. The number of H-pyrrole nitrogens is 1. The van der Waals surface area contributed by atoms with Gasteiger partial charge in [0.25, 0.3) is 5.56 Å². The molecule has 0 bridgehead atoms. The van der Waals surface area contributed by atoms with Gasteiger partial charge in [-0.1, -0.05) is 12.1 Å². The summed E-state index contributed by atoms with van der Waals surface area (Å²) < 4.78 is 15.2. The number of benzene rings is 1. The fourth-order valence-corrected chi connectivity index (χ4v) is 2.90. The molecule has 2 heterocycles. The number of ether oxygens (including phenoxy) is 3. The van der Waals surface area contributed by atoms with Gasteiger partial charge >= 0.3 is 11.9 Å². The number of aromatic nitrogens is 2. The Bertz CT molecular complexity index is 990. The van der Waals surface area contributed by atoms with Gasteiger partial charge in [-0.3, -0.25) is 4.79 Å². The van der Waals surface area contributed by atoms with Crippen LogP contribution in [0.2, 0.25) is 0 Å². The molecule has 3 rings (SSSR count). The molecule has 0 radical (unpaired) electrons. The summed E-state index contributed by atoms with van der Waals surface area (Å²) in [4.78, 5) is 37.4. The maximum absolute atomic E-state index is 12.4. The molecule has 1 aliphatic rings. The number of aromatic amines is 1. The van der Waals surface area contributed by atoms with Crippen molar-refractivity contribution in [3.05, 3.63) is 57.5 Å². The Hall–Kier alpha value is -3.46. The molecule has 146 valence electrons. The first-order valence-electron chi connectivity index (χ1n) is 8.38. The van der Waals surface area contributed by atoms with Crippen LogP contribution in [0, 0.1) is 6.92 Å². The summed E-state index contributed by atoms with van der Waals surface area (Å²) in [6.45, 7) is 1.85. The Morgan fingerprint density at radius 1 is 1.14 bits per heavy atom. The van der Waals surface area contributed by atoms with Crippen LogP contribution in [0.4, 0.5) is 5.69 Å². The summed E-state index contributed by atoms with van der Waals surface area (Å²) in [5, 5.41) is 6.42. The van der Waals surface area contributed by atoms with E-state index in [9.17, 15) is 14.4 Å². The second-order valence-electron chi connectivity index (χ2n) is 6.02. The lowest BCUT2D eigenvalue weighted by Crippen LogP contribution is -2.39. The second kappa shape index (κ2) is 8.05. The molecule has 1 N–H and O–H groups in total. The van der Waals surface area contributed by atoms with Crippen LogP contribution in [-0.2, 0) is 23.8 Å². The van der Waals surface area contributed by atoms with Gasteiger partial charge in [-0.2, -0.15) is 5.10 Å². The van der Waals surface area contributed by atoms with Crippen molar-refractivity contribution in [2.75, 3.05) is 32.5 Å². The highest BCUT2D eigenvalue weighted by Gasteiger charge is 2.33. The lowest BCUT2D eigenvalue weighted by atomic mass is 10.0. The fraction of sp³-hybridized carbons (Fsp3) is 0.263. The van der Waals surface area contributed by atoms with Gasteiger partial charge in [0.05, 0.1) is 32.1 Å². The molecule has 0 aliphatic carbocycles. The number of carbonyl (C=O) groups is 2. The van der Waals surface area contributed by atoms with Crippen LogP contribution in [0.15, 0.2) is 46.4 Å². The van der Waals surface area contributed by atoms with E-state index in [1.807, 2.05) is 19.1 Å². The minimum absolute atomic E-state index is 0.0499. The number of nitrogens with zero attached hydrogens (tertiary/aromatic N) is 2. The standard InChI is InChI=1S/C19H19N3O6/c1-11-4-5-12(14-6-7-16(23)21-20-14)8-15(11)22-10-28-9-13(18(24)26-2)17(22)19(25)27-3/h4-8H,9-10H2,1-3H3,(H,21,23). The molecule has 2 aromatic rings. The van der Waals surface area contributed by atoms with E-state index in [0.717, 1.165) is 5.56 Å². The van der Waals surface area contributed by atoms with Crippen molar-refractivity contribution in [2.45, 2.75) is 6.92 Å². The summed E-state index contributed by atoms with van der Waals surface area (Å²) in [5.74, 6) is -1.34. The number of esters is 2. The van der Waals surface area contributed by atoms with E-state index in [2.05, 4.69) is 10.2 Å². The van der Waals surface area contributed by atoms with E-state index >= 15 is 0 Å². The van der Waals surface area contributed by atoms with E-state index in [4.69, 9.17) is 14.2 Å². The molecular formula is C19H19N3O6. The van der Waals surface area contributed by atoms with E-state index in [0.29, 0.717) is 16.9 Å². The molecule has 9 heteroatoms. The summed E-state index contributed by atoms with van der Waals surface area (Å²) in [6, 6.07) is 8.45. The number of hydrogen-bond acceptors (Lipinski definition) is 8. The highest BCUT2D eigenvalue weighted by Crippen LogP contribution is 2.32.